The van der Waals surface area contributed by atoms with Crippen molar-refractivity contribution in [3.8, 4) is 0 Å². The Balaban J connectivity index is 1.96. The number of nitrogens with zero attached hydrogens (tertiary/aromatic N) is 4. The zero-order valence-corrected chi connectivity index (χ0v) is 8.38. The molecular weight excluding hydrogens is 190 g/mol. The minimum absolute atomic E-state index is 0.603. The van der Waals surface area contributed by atoms with Gasteiger partial charge in [0.15, 0.2) is 0 Å². The van der Waals surface area contributed by atoms with Crippen LogP contribution < -0.4 is 5.32 Å². The smallest absolute Gasteiger partial charge is 0.222 e. The number of rotatable bonds is 3. The molecule has 0 fully saturated rings. The molecule has 0 bridgehead atoms. The molecule has 0 saturated carbocycles. The zero-order valence-electron chi connectivity index (χ0n) is 8.38. The van der Waals surface area contributed by atoms with Crippen molar-refractivity contribution in [1.82, 2.24) is 19.9 Å². The Morgan fingerprint density at radius 1 is 1.20 bits per heavy atom. The largest absolute Gasteiger partial charge is 0.349 e. The fourth-order valence-corrected chi connectivity index (χ4v) is 1.08. The van der Waals surface area contributed by atoms with Gasteiger partial charge < -0.3 is 5.32 Å². The topological polar surface area (TPSA) is 63.6 Å². The van der Waals surface area contributed by atoms with Gasteiger partial charge in [-0.05, 0) is 18.6 Å². The van der Waals surface area contributed by atoms with Crippen molar-refractivity contribution >= 4 is 5.95 Å². The molecule has 0 aromatic carbocycles. The van der Waals surface area contributed by atoms with Crippen LogP contribution in [0.3, 0.4) is 0 Å². The van der Waals surface area contributed by atoms with Crippen LogP contribution in [-0.4, -0.2) is 19.9 Å². The third kappa shape index (κ3) is 2.70. The van der Waals surface area contributed by atoms with Crippen molar-refractivity contribution in [2.24, 2.45) is 0 Å². The molecule has 5 heteroatoms. The van der Waals surface area contributed by atoms with Crippen molar-refractivity contribution < 1.29 is 0 Å². The molecule has 1 N–H and O–H groups in total. The van der Waals surface area contributed by atoms with E-state index in [2.05, 4.69) is 25.3 Å². The SMILES string of the molecule is Cc1cnc(NCc2ccncn2)nc1. The number of hydrogen-bond donors (Lipinski definition) is 1. The van der Waals surface area contributed by atoms with Crippen LogP contribution >= 0.6 is 0 Å². The van der Waals surface area contributed by atoms with Gasteiger partial charge in [0.2, 0.25) is 5.95 Å². The second kappa shape index (κ2) is 4.45. The van der Waals surface area contributed by atoms with Gasteiger partial charge in [0.1, 0.15) is 6.33 Å². The molecule has 0 spiro atoms. The van der Waals surface area contributed by atoms with E-state index in [4.69, 9.17) is 0 Å². The van der Waals surface area contributed by atoms with Crippen molar-refractivity contribution in [2.45, 2.75) is 13.5 Å². The number of anilines is 1. The Bertz CT molecular complexity index is 412. The molecule has 0 amide bonds. The molecule has 2 aromatic heterocycles. The fraction of sp³-hybridized carbons (Fsp3) is 0.200. The summed E-state index contributed by atoms with van der Waals surface area (Å²) >= 11 is 0. The summed E-state index contributed by atoms with van der Waals surface area (Å²) in [5.41, 5.74) is 1.96. The monoisotopic (exact) mass is 201 g/mol. The van der Waals surface area contributed by atoms with Gasteiger partial charge >= 0.3 is 0 Å². The van der Waals surface area contributed by atoms with Gasteiger partial charge in [-0.3, -0.25) is 0 Å². The van der Waals surface area contributed by atoms with E-state index in [0.717, 1.165) is 11.3 Å². The molecule has 5 nitrogen and oxygen atoms in total. The van der Waals surface area contributed by atoms with E-state index >= 15 is 0 Å². The highest BCUT2D eigenvalue weighted by atomic mass is 15.1. The highest BCUT2D eigenvalue weighted by molar-refractivity contribution is 5.25. The van der Waals surface area contributed by atoms with Crippen molar-refractivity contribution in [3.63, 3.8) is 0 Å². The highest BCUT2D eigenvalue weighted by Gasteiger charge is 1.96. The van der Waals surface area contributed by atoms with Crippen LogP contribution in [0.15, 0.2) is 31.0 Å². The molecule has 0 atom stereocenters. The van der Waals surface area contributed by atoms with Crippen LogP contribution in [-0.2, 0) is 6.54 Å². The molecule has 2 aromatic rings. The van der Waals surface area contributed by atoms with E-state index in [9.17, 15) is 0 Å². The number of aryl methyl sites for hydroxylation is 1. The minimum Gasteiger partial charge on any atom is -0.349 e. The van der Waals surface area contributed by atoms with E-state index in [1.165, 1.54) is 6.33 Å². The third-order valence-corrected chi connectivity index (χ3v) is 1.85. The molecule has 2 rings (SSSR count). The van der Waals surface area contributed by atoms with Gasteiger partial charge in [-0.25, -0.2) is 19.9 Å². The molecule has 2 heterocycles. The number of nitrogens with one attached hydrogen (secondary N) is 1. The van der Waals surface area contributed by atoms with Crippen molar-refractivity contribution in [3.05, 3.63) is 42.2 Å². The molecule has 0 aliphatic heterocycles. The van der Waals surface area contributed by atoms with Crippen LogP contribution in [0.2, 0.25) is 0 Å². The van der Waals surface area contributed by atoms with E-state index in [0.29, 0.717) is 12.5 Å². The Morgan fingerprint density at radius 3 is 2.67 bits per heavy atom. The van der Waals surface area contributed by atoms with Gasteiger partial charge in [-0.15, -0.1) is 0 Å². The maximum Gasteiger partial charge on any atom is 0.222 e. The fourth-order valence-electron chi connectivity index (χ4n) is 1.08. The Labute approximate surface area is 87.6 Å². The number of hydrogen-bond acceptors (Lipinski definition) is 5. The number of aromatic nitrogens is 4. The molecule has 15 heavy (non-hydrogen) atoms. The second-order valence-corrected chi connectivity index (χ2v) is 3.14. The van der Waals surface area contributed by atoms with Gasteiger partial charge in [0, 0.05) is 18.6 Å². The molecule has 0 aliphatic rings. The summed E-state index contributed by atoms with van der Waals surface area (Å²) in [6.45, 7) is 2.56. The summed E-state index contributed by atoms with van der Waals surface area (Å²) in [6, 6.07) is 1.85. The van der Waals surface area contributed by atoms with Crippen LogP contribution in [0, 0.1) is 6.92 Å². The first kappa shape index (κ1) is 9.51. The Kier molecular flexibility index (Phi) is 2.82. The van der Waals surface area contributed by atoms with Crippen molar-refractivity contribution in [1.29, 1.82) is 0 Å². The van der Waals surface area contributed by atoms with E-state index in [-0.39, 0.29) is 0 Å². The van der Waals surface area contributed by atoms with Gasteiger partial charge in [-0.2, -0.15) is 0 Å². The highest BCUT2D eigenvalue weighted by Crippen LogP contribution is 2.00. The van der Waals surface area contributed by atoms with Gasteiger partial charge in [0.05, 0.1) is 12.2 Å². The Hall–Kier alpha value is -2.04. The Morgan fingerprint density at radius 2 is 2.00 bits per heavy atom. The summed E-state index contributed by atoms with van der Waals surface area (Å²) in [5, 5.41) is 3.08. The average molecular weight is 201 g/mol. The van der Waals surface area contributed by atoms with E-state index < -0.39 is 0 Å². The third-order valence-electron chi connectivity index (χ3n) is 1.85. The average Bonchev–Trinajstić information content (AvgIpc) is 2.30. The van der Waals surface area contributed by atoms with Crippen LogP contribution in [0.4, 0.5) is 5.95 Å². The van der Waals surface area contributed by atoms with Crippen LogP contribution in [0.1, 0.15) is 11.3 Å². The maximum atomic E-state index is 4.13. The summed E-state index contributed by atoms with van der Waals surface area (Å²) in [5.74, 6) is 0.610. The molecule has 76 valence electrons. The molecule has 0 unspecified atom stereocenters. The lowest BCUT2D eigenvalue weighted by Gasteiger charge is -2.03. The first-order chi connectivity index (χ1) is 7.34. The summed E-state index contributed by atoms with van der Waals surface area (Å²) < 4.78 is 0. The van der Waals surface area contributed by atoms with E-state index in [1.54, 1.807) is 18.6 Å². The van der Waals surface area contributed by atoms with Crippen LogP contribution in [0.5, 0.6) is 0 Å². The maximum absolute atomic E-state index is 4.13. The quantitative estimate of drug-likeness (QED) is 0.808. The second-order valence-electron chi connectivity index (χ2n) is 3.14. The lowest BCUT2D eigenvalue weighted by Crippen LogP contribution is -2.04. The van der Waals surface area contributed by atoms with Crippen molar-refractivity contribution in [2.75, 3.05) is 5.32 Å². The van der Waals surface area contributed by atoms with Gasteiger partial charge in [0.25, 0.3) is 0 Å². The lowest BCUT2D eigenvalue weighted by molar-refractivity contribution is 0.974. The summed E-state index contributed by atoms with van der Waals surface area (Å²) in [6.07, 6.45) is 6.78. The normalized spacial score (nSPS) is 9.93. The van der Waals surface area contributed by atoms with E-state index in [1.807, 2.05) is 13.0 Å². The molecule has 0 saturated heterocycles. The molecular formula is C10H11N5. The zero-order chi connectivity index (χ0) is 10.5. The van der Waals surface area contributed by atoms with Crippen LogP contribution in [0.25, 0.3) is 0 Å². The molecule has 0 radical (unpaired) electrons. The first-order valence-corrected chi connectivity index (χ1v) is 4.62. The molecule has 0 aliphatic carbocycles. The predicted octanol–water partition coefficient (Wildman–Crippen LogP) is 1.19. The predicted molar refractivity (Wildman–Crippen MR) is 56.1 cm³/mol. The standard InChI is InChI=1S/C10H11N5/c1-8-4-12-10(13-5-8)14-6-9-2-3-11-7-15-9/h2-5,7H,6H2,1H3,(H,12,13,14). The summed E-state index contributed by atoms with van der Waals surface area (Å²) in [7, 11) is 0. The van der Waals surface area contributed by atoms with Gasteiger partial charge in [-0.1, -0.05) is 0 Å². The first-order valence-electron chi connectivity index (χ1n) is 4.62. The minimum atomic E-state index is 0.603. The lowest BCUT2D eigenvalue weighted by atomic mass is 10.4. The summed E-state index contributed by atoms with van der Waals surface area (Å²) in [4.78, 5) is 16.2.